The van der Waals surface area contributed by atoms with Crippen LogP contribution >= 0.6 is 11.3 Å². The smallest absolute Gasteiger partial charge is 0.0805 e. The van der Waals surface area contributed by atoms with Crippen LogP contribution in [0.25, 0.3) is 0 Å². The highest BCUT2D eigenvalue weighted by Gasteiger charge is 2.15. The number of hydrogen-bond acceptors (Lipinski definition) is 2. The van der Waals surface area contributed by atoms with Crippen molar-refractivity contribution in [1.82, 2.24) is 0 Å². The van der Waals surface area contributed by atoms with Gasteiger partial charge in [0.15, 0.2) is 0 Å². The molecule has 0 aliphatic heterocycles. The molecule has 2 heteroatoms. The Kier molecular flexibility index (Phi) is 2.91. The Morgan fingerprint density at radius 1 is 1.33 bits per heavy atom. The van der Waals surface area contributed by atoms with Gasteiger partial charge in [-0.2, -0.15) is 0 Å². The summed E-state index contributed by atoms with van der Waals surface area (Å²) in [6, 6.07) is 4.34. The van der Waals surface area contributed by atoms with Crippen LogP contribution in [-0.4, -0.2) is 7.11 Å². The zero-order chi connectivity index (χ0) is 9.19. The van der Waals surface area contributed by atoms with E-state index < -0.39 is 0 Å². The zero-order valence-electron chi connectivity index (χ0n) is 8.18. The van der Waals surface area contributed by atoms with Gasteiger partial charge in [-0.25, -0.2) is 0 Å². The van der Waals surface area contributed by atoms with Crippen LogP contribution in [0.4, 0.5) is 0 Å². The minimum atomic E-state index is 0.274. The number of thiophene rings is 1. The van der Waals surface area contributed by atoms with E-state index in [1.807, 2.05) is 11.3 Å². The molecule has 12 heavy (non-hydrogen) atoms. The Labute approximate surface area is 78.4 Å². The quantitative estimate of drug-likeness (QED) is 0.686. The summed E-state index contributed by atoms with van der Waals surface area (Å²) in [5.41, 5.74) is 0.274. The van der Waals surface area contributed by atoms with Crippen LogP contribution in [0.1, 0.15) is 30.5 Å². The van der Waals surface area contributed by atoms with Gasteiger partial charge in [-0.15, -0.1) is 11.3 Å². The molecule has 0 unspecified atom stereocenters. The summed E-state index contributed by atoms with van der Waals surface area (Å²) in [5.74, 6) is 0. The van der Waals surface area contributed by atoms with Gasteiger partial charge in [0, 0.05) is 16.9 Å². The van der Waals surface area contributed by atoms with E-state index in [1.165, 1.54) is 9.75 Å². The molecule has 1 nitrogen and oxygen atoms in total. The molecule has 0 aromatic carbocycles. The van der Waals surface area contributed by atoms with Crippen molar-refractivity contribution < 1.29 is 4.74 Å². The number of methoxy groups -OCH3 is 1. The zero-order valence-corrected chi connectivity index (χ0v) is 8.99. The molecule has 0 aliphatic carbocycles. The van der Waals surface area contributed by atoms with Crippen LogP contribution < -0.4 is 0 Å². The second kappa shape index (κ2) is 3.58. The highest BCUT2D eigenvalue weighted by molar-refractivity contribution is 7.12. The van der Waals surface area contributed by atoms with Crippen LogP contribution in [0, 0.1) is 0 Å². The van der Waals surface area contributed by atoms with E-state index in [0.29, 0.717) is 0 Å². The summed E-state index contributed by atoms with van der Waals surface area (Å²) >= 11 is 1.84. The van der Waals surface area contributed by atoms with Crippen molar-refractivity contribution in [2.45, 2.75) is 32.8 Å². The van der Waals surface area contributed by atoms with E-state index in [2.05, 4.69) is 32.9 Å². The van der Waals surface area contributed by atoms with Gasteiger partial charge in [0.25, 0.3) is 0 Å². The van der Waals surface area contributed by atoms with E-state index in [9.17, 15) is 0 Å². The SMILES string of the molecule is COCc1ccc(C(C)(C)C)s1. The molecule has 68 valence electrons. The summed E-state index contributed by atoms with van der Waals surface area (Å²) in [7, 11) is 1.73. The third-order valence-corrected chi connectivity index (χ3v) is 3.17. The molecule has 0 bridgehead atoms. The van der Waals surface area contributed by atoms with Gasteiger partial charge in [-0.1, -0.05) is 20.8 Å². The van der Waals surface area contributed by atoms with Gasteiger partial charge in [0.05, 0.1) is 6.61 Å². The molecule has 1 aromatic rings. The molecule has 1 rings (SSSR count). The van der Waals surface area contributed by atoms with Crippen LogP contribution in [0.2, 0.25) is 0 Å². The summed E-state index contributed by atoms with van der Waals surface area (Å²) in [6.45, 7) is 7.43. The van der Waals surface area contributed by atoms with Crippen molar-refractivity contribution in [2.24, 2.45) is 0 Å². The van der Waals surface area contributed by atoms with Crippen molar-refractivity contribution in [3.63, 3.8) is 0 Å². The lowest BCUT2D eigenvalue weighted by molar-refractivity contribution is 0.187. The fraction of sp³-hybridized carbons (Fsp3) is 0.600. The van der Waals surface area contributed by atoms with E-state index in [1.54, 1.807) is 7.11 Å². The summed E-state index contributed by atoms with van der Waals surface area (Å²) in [6.07, 6.45) is 0. The maximum Gasteiger partial charge on any atom is 0.0805 e. The van der Waals surface area contributed by atoms with Crippen molar-refractivity contribution in [1.29, 1.82) is 0 Å². The van der Waals surface area contributed by atoms with Crippen LogP contribution in [0.3, 0.4) is 0 Å². The summed E-state index contributed by atoms with van der Waals surface area (Å²) < 4.78 is 5.06. The normalized spacial score (nSPS) is 12.0. The Morgan fingerprint density at radius 2 is 2.00 bits per heavy atom. The molecule has 0 atom stereocenters. The molecular weight excluding hydrogens is 168 g/mol. The summed E-state index contributed by atoms with van der Waals surface area (Å²) in [5, 5.41) is 0. The topological polar surface area (TPSA) is 9.23 Å². The van der Waals surface area contributed by atoms with E-state index in [4.69, 9.17) is 4.74 Å². The Morgan fingerprint density at radius 3 is 2.42 bits per heavy atom. The van der Waals surface area contributed by atoms with Crippen molar-refractivity contribution in [3.05, 3.63) is 21.9 Å². The van der Waals surface area contributed by atoms with Crippen molar-refractivity contribution >= 4 is 11.3 Å². The molecule has 0 aliphatic rings. The van der Waals surface area contributed by atoms with Gasteiger partial charge in [0.1, 0.15) is 0 Å². The largest absolute Gasteiger partial charge is 0.379 e. The van der Waals surface area contributed by atoms with Crippen LogP contribution in [-0.2, 0) is 16.8 Å². The maximum absolute atomic E-state index is 5.06. The molecule has 1 aromatic heterocycles. The van der Waals surface area contributed by atoms with E-state index in [0.717, 1.165) is 6.61 Å². The first-order chi connectivity index (χ1) is 5.54. The first-order valence-corrected chi connectivity index (χ1v) is 4.94. The predicted molar refractivity (Wildman–Crippen MR) is 53.7 cm³/mol. The van der Waals surface area contributed by atoms with Gasteiger partial charge < -0.3 is 4.74 Å². The molecule has 0 spiro atoms. The molecule has 0 saturated heterocycles. The lowest BCUT2D eigenvalue weighted by atomic mass is 9.95. The van der Waals surface area contributed by atoms with Crippen LogP contribution in [0.5, 0.6) is 0 Å². The first kappa shape index (κ1) is 9.75. The number of hydrogen-bond donors (Lipinski definition) is 0. The minimum Gasteiger partial charge on any atom is -0.379 e. The molecule has 0 amide bonds. The Bertz CT molecular complexity index is 245. The van der Waals surface area contributed by atoms with Crippen molar-refractivity contribution in [2.75, 3.05) is 7.11 Å². The number of rotatable bonds is 2. The summed E-state index contributed by atoms with van der Waals surface area (Å²) in [4.78, 5) is 2.73. The molecule has 0 radical (unpaired) electrons. The highest BCUT2D eigenvalue weighted by atomic mass is 32.1. The molecule has 0 fully saturated rings. The second-order valence-electron chi connectivity index (χ2n) is 3.95. The van der Waals surface area contributed by atoms with E-state index >= 15 is 0 Å². The van der Waals surface area contributed by atoms with Gasteiger partial charge in [0.2, 0.25) is 0 Å². The maximum atomic E-state index is 5.06. The molecule has 0 N–H and O–H groups in total. The van der Waals surface area contributed by atoms with Gasteiger partial charge in [-0.05, 0) is 17.5 Å². The lowest BCUT2D eigenvalue weighted by Crippen LogP contribution is -2.07. The van der Waals surface area contributed by atoms with E-state index in [-0.39, 0.29) is 5.41 Å². The minimum absolute atomic E-state index is 0.274. The number of ether oxygens (including phenoxy) is 1. The predicted octanol–water partition coefficient (Wildman–Crippen LogP) is 3.19. The lowest BCUT2D eigenvalue weighted by Gasteiger charge is -2.15. The average molecular weight is 184 g/mol. The fourth-order valence-electron chi connectivity index (χ4n) is 1.00. The van der Waals surface area contributed by atoms with Crippen LogP contribution in [0.15, 0.2) is 12.1 Å². The third kappa shape index (κ3) is 2.32. The molecular formula is C10H16OS. The Hall–Kier alpha value is -0.340. The molecule has 0 saturated carbocycles. The monoisotopic (exact) mass is 184 g/mol. The van der Waals surface area contributed by atoms with Crippen molar-refractivity contribution in [3.8, 4) is 0 Å². The highest BCUT2D eigenvalue weighted by Crippen LogP contribution is 2.29. The first-order valence-electron chi connectivity index (χ1n) is 4.12. The fourth-order valence-corrected chi connectivity index (χ4v) is 2.04. The average Bonchev–Trinajstić information content (AvgIpc) is 2.35. The third-order valence-electron chi connectivity index (χ3n) is 1.69. The molecule has 1 heterocycles. The van der Waals surface area contributed by atoms with Gasteiger partial charge >= 0.3 is 0 Å². The Balaban J connectivity index is 2.77. The second-order valence-corrected chi connectivity index (χ2v) is 5.12. The van der Waals surface area contributed by atoms with Gasteiger partial charge in [-0.3, -0.25) is 0 Å². The standard InChI is InChI=1S/C10H16OS/c1-10(2,3)9-6-5-8(12-9)7-11-4/h5-6H,7H2,1-4H3.